The minimum absolute atomic E-state index is 0.0508. The van der Waals surface area contributed by atoms with E-state index in [1.54, 1.807) is 17.7 Å². The van der Waals surface area contributed by atoms with Crippen molar-refractivity contribution in [3.05, 3.63) is 22.1 Å². The van der Waals surface area contributed by atoms with Crippen LogP contribution in [0.3, 0.4) is 0 Å². The Bertz CT molecular complexity index is 797. The van der Waals surface area contributed by atoms with Crippen LogP contribution < -0.4 is 5.56 Å². The van der Waals surface area contributed by atoms with E-state index in [-0.39, 0.29) is 29.4 Å². The fraction of sp³-hybridized carbons (Fsp3) is 0.667. The monoisotopic (exact) mass is 392 g/mol. The largest absolute Gasteiger partial charge is 0.368 e. The number of fused-ring (bicyclic) bond motifs is 1. The molecule has 0 aliphatic carbocycles. The molecule has 2 amide bonds. The number of ether oxygens (including phenoxy) is 1. The summed E-state index contributed by atoms with van der Waals surface area (Å²) in [6, 6.07) is 0. The molecule has 2 fully saturated rings. The van der Waals surface area contributed by atoms with Gasteiger partial charge in [-0.15, -0.1) is 0 Å². The van der Waals surface area contributed by atoms with E-state index in [4.69, 9.17) is 4.74 Å². The van der Waals surface area contributed by atoms with Gasteiger partial charge in [-0.2, -0.15) is 0 Å². The second-order valence-electron chi connectivity index (χ2n) is 7.30. The van der Waals surface area contributed by atoms with Gasteiger partial charge in [-0.1, -0.05) is 11.8 Å². The molecule has 0 bridgehead atoms. The Labute approximate surface area is 161 Å². The van der Waals surface area contributed by atoms with Gasteiger partial charge in [0.1, 0.15) is 6.10 Å². The Morgan fingerprint density at radius 3 is 2.56 bits per heavy atom. The topological polar surface area (TPSA) is 84.7 Å². The zero-order valence-electron chi connectivity index (χ0n) is 15.4. The van der Waals surface area contributed by atoms with Crippen LogP contribution in [0.15, 0.2) is 16.1 Å². The Balaban J connectivity index is 1.36. The summed E-state index contributed by atoms with van der Waals surface area (Å²) in [5.41, 5.74) is 0.519. The summed E-state index contributed by atoms with van der Waals surface area (Å²) in [7, 11) is 0. The number of hydrogen-bond donors (Lipinski definition) is 0. The lowest BCUT2D eigenvalue weighted by atomic mass is 10.1. The summed E-state index contributed by atoms with van der Waals surface area (Å²) in [4.78, 5) is 45.6. The Morgan fingerprint density at radius 1 is 1.19 bits per heavy atom. The van der Waals surface area contributed by atoms with Crippen LogP contribution in [-0.2, 0) is 20.9 Å². The normalized spacial score (nSPS) is 25.4. The molecule has 27 heavy (non-hydrogen) atoms. The quantitative estimate of drug-likeness (QED) is 0.665. The number of piperazine rings is 1. The highest BCUT2D eigenvalue weighted by atomic mass is 32.2. The van der Waals surface area contributed by atoms with E-state index in [9.17, 15) is 14.4 Å². The smallest absolute Gasteiger partial charge is 0.257 e. The van der Waals surface area contributed by atoms with E-state index >= 15 is 0 Å². The van der Waals surface area contributed by atoms with Crippen molar-refractivity contribution < 1.29 is 14.3 Å². The zero-order valence-corrected chi connectivity index (χ0v) is 16.2. The van der Waals surface area contributed by atoms with Crippen molar-refractivity contribution in [2.45, 2.75) is 37.6 Å². The van der Waals surface area contributed by atoms with Crippen LogP contribution >= 0.6 is 11.8 Å². The number of nitrogens with zero attached hydrogens (tertiary/aromatic N) is 4. The van der Waals surface area contributed by atoms with Gasteiger partial charge in [-0.05, 0) is 19.8 Å². The SMILES string of the molecule is Cc1cnc2n(c1=O)C[C@@H](C(=O)N1CCN(C(=O)[C@@H]3CCCO3)CC1)CS2. The van der Waals surface area contributed by atoms with Gasteiger partial charge >= 0.3 is 0 Å². The highest BCUT2D eigenvalue weighted by molar-refractivity contribution is 7.99. The van der Waals surface area contributed by atoms with Crippen molar-refractivity contribution in [1.82, 2.24) is 19.4 Å². The third-order valence-corrected chi connectivity index (χ3v) is 6.61. The van der Waals surface area contributed by atoms with E-state index in [0.29, 0.717) is 55.8 Å². The van der Waals surface area contributed by atoms with Gasteiger partial charge in [0.25, 0.3) is 11.5 Å². The first kappa shape index (κ1) is 18.5. The summed E-state index contributed by atoms with van der Waals surface area (Å²) in [6.07, 6.45) is 3.01. The fourth-order valence-corrected chi connectivity index (χ4v) is 4.87. The van der Waals surface area contributed by atoms with Crippen molar-refractivity contribution in [2.75, 3.05) is 38.5 Å². The number of aromatic nitrogens is 2. The molecule has 0 unspecified atom stereocenters. The molecule has 1 aromatic rings. The first-order chi connectivity index (χ1) is 13.0. The van der Waals surface area contributed by atoms with Crippen molar-refractivity contribution in [3.63, 3.8) is 0 Å². The predicted octanol–water partition coefficient (Wildman–Crippen LogP) is 0.123. The van der Waals surface area contributed by atoms with E-state index in [1.165, 1.54) is 11.8 Å². The molecule has 3 aliphatic rings. The van der Waals surface area contributed by atoms with Crippen LogP contribution in [0, 0.1) is 12.8 Å². The summed E-state index contributed by atoms with van der Waals surface area (Å²) in [5, 5.41) is 0.682. The lowest BCUT2D eigenvalue weighted by Crippen LogP contribution is -2.54. The minimum atomic E-state index is -0.305. The number of amides is 2. The average molecular weight is 392 g/mol. The van der Waals surface area contributed by atoms with Crippen LogP contribution in [-0.4, -0.2) is 75.8 Å². The lowest BCUT2D eigenvalue weighted by molar-refractivity contribution is -0.147. The molecular formula is C18H24N4O4S. The van der Waals surface area contributed by atoms with Gasteiger partial charge in [-0.25, -0.2) is 4.98 Å². The van der Waals surface area contributed by atoms with Crippen LogP contribution in [0.5, 0.6) is 0 Å². The van der Waals surface area contributed by atoms with Gasteiger partial charge in [0, 0.05) is 56.8 Å². The summed E-state index contributed by atoms with van der Waals surface area (Å²) < 4.78 is 7.09. The Kier molecular flexibility index (Phi) is 5.23. The molecule has 4 heterocycles. The maximum absolute atomic E-state index is 12.9. The molecule has 4 rings (SSSR count). The van der Waals surface area contributed by atoms with Crippen molar-refractivity contribution in [1.29, 1.82) is 0 Å². The maximum atomic E-state index is 12.9. The van der Waals surface area contributed by atoms with Gasteiger partial charge in [0.15, 0.2) is 5.16 Å². The highest BCUT2D eigenvalue weighted by Crippen LogP contribution is 2.26. The molecule has 0 aromatic carbocycles. The lowest BCUT2D eigenvalue weighted by Gasteiger charge is -2.38. The Hall–Kier alpha value is -1.87. The zero-order chi connectivity index (χ0) is 19.0. The number of rotatable bonds is 2. The first-order valence-electron chi connectivity index (χ1n) is 9.43. The molecule has 0 radical (unpaired) electrons. The van der Waals surface area contributed by atoms with Gasteiger partial charge in [0.05, 0.1) is 5.92 Å². The minimum Gasteiger partial charge on any atom is -0.368 e. The molecule has 9 heteroatoms. The third kappa shape index (κ3) is 3.62. The molecule has 146 valence electrons. The molecular weight excluding hydrogens is 368 g/mol. The van der Waals surface area contributed by atoms with Crippen LogP contribution in [0.4, 0.5) is 0 Å². The molecule has 8 nitrogen and oxygen atoms in total. The first-order valence-corrected chi connectivity index (χ1v) is 10.4. The standard InChI is InChI=1S/C18H24N4O4S/c1-12-9-19-18-22(15(12)23)10-13(11-27-18)16(24)20-4-6-21(7-5-20)17(25)14-3-2-8-26-14/h9,13-14H,2-8,10-11H2,1H3/t13-,14+/m1/s1. The molecule has 2 saturated heterocycles. The van der Waals surface area contributed by atoms with Crippen LogP contribution in [0.25, 0.3) is 0 Å². The Morgan fingerprint density at radius 2 is 1.89 bits per heavy atom. The number of carbonyl (C=O) groups is 2. The van der Waals surface area contributed by atoms with Crippen molar-refractivity contribution in [2.24, 2.45) is 5.92 Å². The van der Waals surface area contributed by atoms with Crippen LogP contribution in [0.1, 0.15) is 18.4 Å². The van der Waals surface area contributed by atoms with Crippen molar-refractivity contribution >= 4 is 23.6 Å². The van der Waals surface area contributed by atoms with Gasteiger partial charge in [-0.3, -0.25) is 19.0 Å². The molecule has 0 spiro atoms. The highest BCUT2D eigenvalue weighted by Gasteiger charge is 2.34. The second kappa shape index (κ2) is 7.63. The fourth-order valence-electron chi connectivity index (χ4n) is 3.83. The summed E-state index contributed by atoms with van der Waals surface area (Å²) in [5.74, 6) is 0.508. The maximum Gasteiger partial charge on any atom is 0.257 e. The predicted molar refractivity (Wildman–Crippen MR) is 99.6 cm³/mol. The van der Waals surface area contributed by atoms with Crippen molar-refractivity contribution in [3.8, 4) is 0 Å². The number of hydrogen-bond acceptors (Lipinski definition) is 6. The van der Waals surface area contributed by atoms with Crippen LogP contribution in [0.2, 0.25) is 0 Å². The van der Waals surface area contributed by atoms with Gasteiger partial charge < -0.3 is 14.5 Å². The molecule has 2 atom stereocenters. The number of carbonyl (C=O) groups excluding carboxylic acids is 2. The average Bonchev–Trinajstić information content (AvgIpc) is 3.24. The summed E-state index contributed by atoms with van der Waals surface area (Å²) >= 11 is 1.46. The van der Waals surface area contributed by atoms with E-state index in [0.717, 1.165) is 12.8 Å². The molecule has 0 saturated carbocycles. The molecule has 3 aliphatic heterocycles. The third-order valence-electron chi connectivity index (χ3n) is 5.46. The number of thioether (sulfide) groups is 1. The molecule has 1 aromatic heterocycles. The second-order valence-corrected chi connectivity index (χ2v) is 8.29. The molecule has 0 N–H and O–H groups in total. The van der Waals surface area contributed by atoms with E-state index in [2.05, 4.69) is 4.98 Å². The number of aryl methyl sites for hydroxylation is 1. The van der Waals surface area contributed by atoms with E-state index < -0.39 is 0 Å². The summed E-state index contributed by atoms with van der Waals surface area (Å²) in [6.45, 7) is 4.93. The van der Waals surface area contributed by atoms with Gasteiger partial charge in [0.2, 0.25) is 5.91 Å². The van der Waals surface area contributed by atoms with E-state index in [1.807, 2.05) is 9.80 Å².